The largest absolute Gasteiger partial charge is 0.497 e. The molecule has 0 fully saturated rings. The third kappa shape index (κ3) is 7.68. The quantitative estimate of drug-likeness (QED) is 0.276. The summed E-state index contributed by atoms with van der Waals surface area (Å²) in [5, 5.41) is 3.61. The number of hydrogen-bond acceptors (Lipinski definition) is 5. The number of nitrogens with zero attached hydrogens (tertiary/aromatic N) is 2. The van der Waals surface area contributed by atoms with Crippen LogP contribution in [-0.4, -0.2) is 51.4 Å². The van der Waals surface area contributed by atoms with Crippen LogP contribution in [0.2, 0.25) is 10.0 Å². The lowest BCUT2D eigenvalue weighted by Crippen LogP contribution is -2.52. The van der Waals surface area contributed by atoms with Gasteiger partial charge in [-0.25, -0.2) is 8.42 Å². The minimum Gasteiger partial charge on any atom is -0.497 e. The van der Waals surface area contributed by atoms with E-state index in [-0.39, 0.29) is 23.0 Å². The van der Waals surface area contributed by atoms with Crippen LogP contribution >= 0.6 is 23.2 Å². The van der Waals surface area contributed by atoms with E-state index in [1.54, 1.807) is 67.6 Å². The van der Waals surface area contributed by atoms with Gasteiger partial charge in [-0.05, 0) is 54.8 Å². The Morgan fingerprint density at radius 3 is 2.33 bits per heavy atom. The zero-order chi connectivity index (χ0) is 29.3. The van der Waals surface area contributed by atoms with E-state index in [0.29, 0.717) is 34.3 Å². The minimum atomic E-state index is -4.17. The van der Waals surface area contributed by atoms with Gasteiger partial charge in [-0.1, -0.05) is 67.4 Å². The van der Waals surface area contributed by atoms with Crippen molar-refractivity contribution < 1.29 is 22.7 Å². The molecule has 0 aromatic heterocycles. The molecule has 3 aromatic carbocycles. The van der Waals surface area contributed by atoms with Gasteiger partial charge in [0, 0.05) is 29.2 Å². The molecule has 0 aliphatic carbocycles. The number of halogens is 2. The predicted molar refractivity (Wildman–Crippen MR) is 158 cm³/mol. The van der Waals surface area contributed by atoms with Crippen molar-refractivity contribution in [1.29, 1.82) is 0 Å². The first kappa shape index (κ1) is 31.3. The highest BCUT2D eigenvalue weighted by atomic mass is 35.5. The highest BCUT2D eigenvalue weighted by Crippen LogP contribution is 2.28. The number of amides is 2. The molecule has 0 radical (unpaired) electrons. The molecule has 0 spiro atoms. The Kier molecular flexibility index (Phi) is 11.2. The second-order valence-corrected chi connectivity index (χ2v) is 11.7. The maximum Gasteiger partial charge on any atom is 0.264 e. The van der Waals surface area contributed by atoms with Gasteiger partial charge in [-0.2, -0.15) is 0 Å². The Morgan fingerprint density at radius 1 is 0.975 bits per heavy atom. The Morgan fingerprint density at radius 2 is 1.70 bits per heavy atom. The maximum absolute atomic E-state index is 14.1. The van der Waals surface area contributed by atoms with Crippen LogP contribution < -0.4 is 14.4 Å². The summed E-state index contributed by atoms with van der Waals surface area (Å²) in [5.41, 5.74) is 0.810. The van der Waals surface area contributed by atoms with Crippen molar-refractivity contribution in [3.05, 3.63) is 88.4 Å². The van der Waals surface area contributed by atoms with E-state index >= 15 is 0 Å². The van der Waals surface area contributed by atoms with Gasteiger partial charge in [0.1, 0.15) is 18.3 Å². The number of benzene rings is 3. The monoisotopic (exact) mass is 605 g/mol. The summed E-state index contributed by atoms with van der Waals surface area (Å²) < 4.78 is 34.0. The van der Waals surface area contributed by atoms with Crippen LogP contribution in [0.25, 0.3) is 0 Å². The summed E-state index contributed by atoms with van der Waals surface area (Å²) in [6, 6.07) is 18.3. The normalized spacial score (nSPS) is 11.9. The van der Waals surface area contributed by atoms with Crippen molar-refractivity contribution in [3.63, 3.8) is 0 Å². The summed E-state index contributed by atoms with van der Waals surface area (Å²) in [6.07, 6.45) is 1.02. The molecule has 3 aromatic rings. The van der Waals surface area contributed by atoms with Gasteiger partial charge in [-0.3, -0.25) is 13.9 Å². The minimum absolute atomic E-state index is 0.0191. The molecule has 214 valence electrons. The highest BCUT2D eigenvalue weighted by molar-refractivity contribution is 7.92. The summed E-state index contributed by atoms with van der Waals surface area (Å²) in [5.74, 6) is -0.484. The zero-order valence-corrected chi connectivity index (χ0v) is 25.0. The fraction of sp³-hybridized carbons (Fsp3) is 0.310. The van der Waals surface area contributed by atoms with Crippen LogP contribution in [0.1, 0.15) is 32.3 Å². The molecule has 1 atom stereocenters. The Bertz CT molecular complexity index is 1420. The van der Waals surface area contributed by atoms with Gasteiger partial charge < -0.3 is 15.0 Å². The van der Waals surface area contributed by atoms with Gasteiger partial charge in [0.05, 0.1) is 17.7 Å². The first-order chi connectivity index (χ1) is 19.1. The molecule has 3 rings (SSSR count). The number of anilines is 1. The van der Waals surface area contributed by atoms with Gasteiger partial charge in [0.2, 0.25) is 11.8 Å². The van der Waals surface area contributed by atoms with E-state index in [1.165, 1.54) is 24.1 Å². The fourth-order valence-corrected chi connectivity index (χ4v) is 6.03. The molecule has 0 unspecified atom stereocenters. The standard InChI is InChI=1S/C29H33Cl2N3O5S/c1-4-16-32-29(36)27(5-2)33(19-21-14-15-22(30)17-26(21)31)28(35)20-34(23-10-9-11-24(18-23)39-3)40(37,38)25-12-7-6-8-13-25/h6-15,17-18,27H,4-5,16,19-20H2,1-3H3,(H,32,36)/t27-/m0/s1. The average Bonchev–Trinajstić information content (AvgIpc) is 2.96. The molecule has 0 saturated heterocycles. The van der Waals surface area contributed by atoms with Crippen molar-refractivity contribution in [3.8, 4) is 5.75 Å². The number of carbonyl (C=O) groups is 2. The molecule has 0 aliphatic heterocycles. The molecule has 0 aliphatic rings. The van der Waals surface area contributed by atoms with Crippen LogP contribution in [0, 0.1) is 0 Å². The van der Waals surface area contributed by atoms with Crippen molar-refractivity contribution in [2.75, 3.05) is 24.5 Å². The lowest BCUT2D eigenvalue weighted by atomic mass is 10.1. The first-order valence-corrected chi connectivity index (χ1v) is 15.0. The van der Waals surface area contributed by atoms with Crippen molar-refractivity contribution in [2.24, 2.45) is 0 Å². The molecule has 11 heteroatoms. The first-order valence-electron chi connectivity index (χ1n) is 12.8. The fourth-order valence-electron chi connectivity index (χ4n) is 4.13. The molecule has 1 N–H and O–H groups in total. The van der Waals surface area contributed by atoms with Crippen molar-refractivity contribution in [2.45, 2.75) is 44.2 Å². The van der Waals surface area contributed by atoms with Gasteiger partial charge >= 0.3 is 0 Å². The third-order valence-corrected chi connectivity index (χ3v) is 8.62. The second kappa shape index (κ2) is 14.4. The zero-order valence-electron chi connectivity index (χ0n) is 22.6. The van der Waals surface area contributed by atoms with E-state index in [4.69, 9.17) is 27.9 Å². The van der Waals surface area contributed by atoms with Crippen molar-refractivity contribution in [1.82, 2.24) is 10.2 Å². The van der Waals surface area contributed by atoms with E-state index in [1.807, 2.05) is 6.92 Å². The number of sulfonamides is 1. The molecule has 8 nitrogen and oxygen atoms in total. The molecular formula is C29H33Cl2N3O5S. The van der Waals surface area contributed by atoms with E-state index in [0.717, 1.165) is 10.7 Å². The molecule has 0 saturated carbocycles. The van der Waals surface area contributed by atoms with Crippen LogP contribution in [0.15, 0.2) is 77.7 Å². The van der Waals surface area contributed by atoms with Crippen LogP contribution in [0.3, 0.4) is 0 Å². The average molecular weight is 607 g/mol. The molecular weight excluding hydrogens is 573 g/mol. The Hall–Kier alpha value is -3.27. The van der Waals surface area contributed by atoms with Gasteiger partial charge in [0.15, 0.2) is 0 Å². The van der Waals surface area contributed by atoms with Gasteiger partial charge in [0.25, 0.3) is 10.0 Å². The summed E-state index contributed by atoms with van der Waals surface area (Å²) in [4.78, 5) is 28.6. The van der Waals surface area contributed by atoms with Crippen molar-refractivity contribution >= 4 is 50.7 Å². The molecule has 0 heterocycles. The number of rotatable bonds is 13. The van der Waals surface area contributed by atoms with E-state index in [2.05, 4.69) is 5.32 Å². The topological polar surface area (TPSA) is 96.0 Å². The number of methoxy groups -OCH3 is 1. The molecule has 40 heavy (non-hydrogen) atoms. The van der Waals surface area contributed by atoms with Crippen LogP contribution in [-0.2, 0) is 26.2 Å². The smallest absolute Gasteiger partial charge is 0.264 e. The highest BCUT2D eigenvalue weighted by Gasteiger charge is 2.34. The SMILES string of the molecule is CCCNC(=O)[C@H](CC)N(Cc1ccc(Cl)cc1Cl)C(=O)CN(c1cccc(OC)c1)S(=O)(=O)c1ccccc1. The van der Waals surface area contributed by atoms with Gasteiger partial charge in [-0.15, -0.1) is 0 Å². The van der Waals surface area contributed by atoms with E-state index in [9.17, 15) is 18.0 Å². The number of hydrogen-bond donors (Lipinski definition) is 1. The van der Waals surface area contributed by atoms with Crippen LogP contribution in [0.4, 0.5) is 5.69 Å². The number of nitrogens with one attached hydrogen (secondary N) is 1. The number of ether oxygens (including phenoxy) is 1. The summed E-state index contributed by atoms with van der Waals surface area (Å²) in [6.45, 7) is 3.58. The maximum atomic E-state index is 14.1. The Balaban J connectivity index is 2.08. The summed E-state index contributed by atoms with van der Waals surface area (Å²) >= 11 is 12.5. The third-order valence-electron chi connectivity index (χ3n) is 6.24. The second-order valence-electron chi connectivity index (χ2n) is 9.00. The predicted octanol–water partition coefficient (Wildman–Crippen LogP) is 5.53. The molecule has 0 bridgehead atoms. The Labute approximate surface area is 245 Å². The van der Waals surface area contributed by atoms with Crippen LogP contribution in [0.5, 0.6) is 5.75 Å². The summed E-state index contributed by atoms with van der Waals surface area (Å²) in [7, 11) is -2.70. The lowest BCUT2D eigenvalue weighted by molar-refractivity contribution is -0.140. The molecule has 2 amide bonds. The lowest BCUT2D eigenvalue weighted by Gasteiger charge is -2.33. The number of carbonyl (C=O) groups excluding carboxylic acids is 2. The van der Waals surface area contributed by atoms with E-state index < -0.39 is 28.5 Å².